The third-order valence-corrected chi connectivity index (χ3v) is 4.25. The first-order chi connectivity index (χ1) is 7.97. The number of rotatable bonds is 2. The van der Waals surface area contributed by atoms with Crippen molar-refractivity contribution in [2.75, 3.05) is 0 Å². The largest absolute Gasteiger partial charge is 0.481 e. The highest BCUT2D eigenvalue weighted by atomic mass is 79.9. The van der Waals surface area contributed by atoms with Gasteiger partial charge < -0.3 is 5.11 Å². The van der Waals surface area contributed by atoms with E-state index in [0.717, 1.165) is 12.8 Å². The third-order valence-electron chi connectivity index (χ3n) is 3.40. The van der Waals surface area contributed by atoms with Crippen molar-refractivity contribution in [1.29, 1.82) is 0 Å². The summed E-state index contributed by atoms with van der Waals surface area (Å²) in [6, 6.07) is 2.96. The summed E-state index contributed by atoms with van der Waals surface area (Å²) < 4.78 is 13.6. The molecule has 0 bridgehead atoms. The Labute approximate surface area is 112 Å². The van der Waals surface area contributed by atoms with Crippen LogP contribution in [0.25, 0.3) is 0 Å². The van der Waals surface area contributed by atoms with E-state index in [-0.39, 0.29) is 9.50 Å². The highest BCUT2D eigenvalue weighted by Crippen LogP contribution is 2.43. The lowest BCUT2D eigenvalue weighted by Crippen LogP contribution is -2.32. The molecule has 0 atom stereocenters. The Morgan fingerprint density at radius 3 is 2.47 bits per heavy atom. The van der Waals surface area contributed by atoms with Gasteiger partial charge in [-0.2, -0.15) is 0 Å². The van der Waals surface area contributed by atoms with Crippen molar-refractivity contribution < 1.29 is 14.3 Å². The van der Waals surface area contributed by atoms with Crippen LogP contribution in [0.15, 0.2) is 16.6 Å². The summed E-state index contributed by atoms with van der Waals surface area (Å²) in [6.07, 6.45) is 2.91. The van der Waals surface area contributed by atoms with Gasteiger partial charge in [0, 0.05) is 0 Å². The SMILES string of the molecule is O=C(O)C1(c2cc(Cl)c(F)c(Br)c2)CCCC1. The van der Waals surface area contributed by atoms with Crippen LogP contribution in [0, 0.1) is 5.82 Å². The van der Waals surface area contributed by atoms with Crippen LogP contribution in [0.3, 0.4) is 0 Å². The molecule has 17 heavy (non-hydrogen) atoms. The summed E-state index contributed by atoms with van der Waals surface area (Å²) in [6.45, 7) is 0. The minimum absolute atomic E-state index is 0.0399. The average Bonchev–Trinajstić information content (AvgIpc) is 2.75. The van der Waals surface area contributed by atoms with Crippen molar-refractivity contribution in [3.8, 4) is 0 Å². The minimum Gasteiger partial charge on any atom is -0.481 e. The van der Waals surface area contributed by atoms with Gasteiger partial charge in [-0.15, -0.1) is 0 Å². The third kappa shape index (κ3) is 2.08. The molecule has 0 radical (unpaired) electrons. The molecule has 1 aromatic carbocycles. The van der Waals surface area contributed by atoms with Gasteiger partial charge >= 0.3 is 5.97 Å². The van der Waals surface area contributed by atoms with Crippen LogP contribution in [-0.2, 0) is 10.2 Å². The van der Waals surface area contributed by atoms with Crippen LogP contribution in [0.4, 0.5) is 4.39 Å². The average molecular weight is 322 g/mol. The fraction of sp³-hybridized carbons (Fsp3) is 0.417. The topological polar surface area (TPSA) is 37.3 Å². The summed E-state index contributed by atoms with van der Waals surface area (Å²) in [7, 11) is 0. The molecule has 1 fully saturated rings. The molecule has 1 N–H and O–H groups in total. The fourth-order valence-corrected chi connectivity index (χ4v) is 3.23. The zero-order valence-electron chi connectivity index (χ0n) is 8.97. The van der Waals surface area contributed by atoms with E-state index in [9.17, 15) is 14.3 Å². The summed E-state index contributed by atoms with van der Waals surface area (Å²) in [4.78, 5) is 11.5. The van der Waals surface area contributed by atoms with Gasteiger partial charge in [0.1, 0.15) is 0 Å². The molecule has 0 amide bonds. The number of halogens is 3. The molecule has 1 saturated carbocycles. The highest BCUT2D eigenvalue weighted by Gasteiger charge is 2.43. The molecule has 0 aromatic heterocycles. The van der Waals surface area contributed by atoms with Gasteiger partial charge in [-0.25, -0.2) is 4.39 Å². The van der Waals surface area contributed by atoms with E-state index in [4.69, 9.17) is 11.6 Å². The monoisotopic (exact) mass is 320 g/mol. The first-order valence-electron chi connectivity index (χ1n) is 5.36. The molecule has 92 valence electrons. The molecule has 5 heteroatoms. The van der Waals surface area contributed by atoms with Gasteiger partial charge in [-0.3, -0.25) is 4.79 Å². The van der Waals surface area contributed by atoms with Crippen LogP contribution in [0.1, 0.15) is 31.2 Å². The van der Waals surface area contributed by atoms with Crippen molar-refractivity contribution in [3.63, 3.8) is 0 Å². The number of hydrogen-bond donors (Lipinski definition) is 1. The number of carbonyl (C=O) groups is 1. The lowest BCUT2D eigenvalue weighted by atomic mass is 9.79. The standard InChI is InChI=1S/C12H11BrClFO2/c13-8-5-7(6-9(14)10(8)15)12(11(16)17)3-1-2-4-12/h5-6H,1-4H2,(H,16,17). The van der Waals surface area contributed by atoms with E-state index in [0.29, 0.717) is 18.4 Å². The second-order valence-corrected chi connectivity index (χ2v) is 5.61. The van der Waals surface area contributed by atoms with Gasteiger partial charge in [0.15, 0.2) is 5.82 Å². The van der Waals surface area contributed by atoms with Crippen molar-refractivity contribution in [3.05, 3.63) is 33.0 Å². The van der Waals surface area contributed by atoms with Gasteiger partial charge in [0.2, 0.25) is 0 Å². The van der Waals surface area contributed by atoms with Gasteiger partial charge in [0.25, 0.3) is 0 Å². The first-order valence-corrected chi connectivity index (χ1v) is 6.53. The van der Waals surface area contributed by atoms with Gasteiger partial charge in [-0.1, -0.05) is 24.4 Å². The Balaban J connectivity index is 2.55. The van der Waals surface area contributed by atoms with Crippen LogP contribution < -0.4 is 0 Å². The van der Waals surface area contributed by atoms with Crippen LogP contribution >= 0.6 is 27.5 Å². The second-order valence-electron chi connectivity index (χ2n) is 4.35. The molecule has 1 aliphatic rings. The Kier molecular flexibility index (Phi) is 3.46. The number of carboxylic acid groups (broad SMARTS) is 1. The summed E-state index contributed by atoms with van der Waals surface area (Å²) in [5.41, 5.74) is -0.319. The zero-order chi connectivity index (χ0) is 12.6. The Bertz CT molecular complexity index is 447. The van der Waals surface area contributed by atoms with E-state index in [1.165, 1.54) is 12.1 Å². The maximum absolute atomic E-state index is 13.4. The molecule has 0 unspecified atom stereocenters. The molecule has 2 nitrogen and oxygen atoms in total. The number of benzene rings is 1. The molecule has 1 aromatic rings. The molecular formula is C12H11BrClFO2. The normalized spacial score (nSPS) is 18.3. The molecular weight excluding hydrogens is 310 g/mol. The number of carboxylic acids is 1. The predicted molar refractivity (Wildman–Crippen MR) is 66.9 cm³/mol. The lowest BCUT2D eigenvalue weighted by molar-refractivity contribution is -0.143. The fourth-order valence-electron chi connectivity index (χ4n) is 2.44. The zero-order valence-corrected chi connectivity index (χ0v) is 11.3. The van der Waals surface area contributed by atoms with E-state index >= 15 is 0 Å². The highest BCUT2D eigenvalue weighted by molar-refractivity contribution is 9.10. The maximum atomic E-state index is 13.4. The second kappa shape index (κ2) is 4.58. The molecule has 2 rings (SSSR count). The maximum Gasteiger partial charge on any atom is 0.314 e. The van der Waals surface area contributed by atoms with Gasteiger partial charge in [-0.05, 0) is 46.5 Å². The summed E-state index contributed by atoms with van der Waals surface area (Å²) >= 11 is 8.83. The molecule has 0 saturated heterocycles. The van der Waals surface area contributed by atoms with E-state index in [2.05, 4.69) is 15.9 Å². The molecule has 1 aliphatic carbocycles. The van der Waals surface area contributed by atoms with E-state index in [1.54, 1.807) is 0 Å². The predicted octanol–water partition coefficient (Wildman–Crippen LogP) is 4.14. The summed E-state index contributed by atoms with van der Waals surface area (Å²) in [5.74, 6) is -1.40. The molecule has 0 spiro atoms. The Morgan fingerprint density at radius 2 is 2.00 bits per heavy atom. The van der Waals surface area contributed by atoms with Crippen molar-refractivity contribution in [2.45, 2.75) is 31.1 Å². The van der Waals surface area contributed by atoms with E-state index < -0.39 is 17.2 Å². The van der Waals surface area contributed by atoms with Crippen LogP contribution in [-0.4, -0.2) is 11.1 Å². The van der Waals surface area contributed by atoms with Crippen molar-refractivity contribution in [2.24, 2.45) is 0 Å². The Hall–Kier alpha value is -0.610. The Morgan fingerprint density at radius 1 is 1.41 bits per heavy atom. The van der Waals surface area contributed by atoms with Crippen LogP contribution in [0.2, 0.25) is 5.02 Å². The molecule has 0 heterocycles. The van der Waals surface area contributed by atoms with Gasteiger partial charge in [0.05, 0.1) is 14.9 Å². The first kappa shape index (κ1) is 12.8. The number of aliphatic carboxylic acids is 1. The van der Waals surface area contributed by atoms with Crippen molar-refractivity contribution >= 4 is 33.5 Å². The van der Waals surface area contributed by atoms with Crippen LogP contribution in [0.5, 0.6) is 0 Å². The number of hydrogen-bond acceptors (Lipinski definition) is 1. The molecule has 0 aliphatic heterocycles. The summed E-state index contributed by atoms with van der Waals surface area (Å²) in [5, 5.41) is 9.38. The smallest absolute Gasteiger partial charge is 0.314 e. The quantitative estimate of drug-likeness (QED) is 0.831. The van der Waals surface area contributed by atoms with E-state index in [1.807, 2.05) is 0 Å². The van der Waals surface area contributed by atoms with Crippen molar-refractivity contribution in [1.82, 2.24) is 0 Å². The lowest BCUT2D eigenvalue weighted by Gasteiger charge is -2.25. The minimum atomic E-state index is -0.903.